The van der Waals surface area contributed by atoms with Crippen molar-refractivity contribution < 1.29 is 9.36 Å². The third-order valence-corrected chi connectivity index (χ3v) is 2.76. The van der Waals surface area contributed by atoms with E-state index in [1.54, 1.807) is 6.20 Å². The molecule has 0 spiro atoms. The van der Waals surface area contributed by atoms with Crippen molar-refractivity contribution >= 4 is 17.2 Å². The van der Waals surface area contributed by atoms with Gasteiger partial charge in [0.15, 0.2) is 12.0 Å². The number of aromatic amines is 2. The number of hydrogen-bond donors (Lipinski definition) is 2. The quantitative estimate of drug-likeness (QED) is 0.511. The van der Waals surface area contributed by atoms with Crippen LogP contribution in [0.3, 0.4) is 0 Å². The van der Waals surface area contributed by atoms with E-state index in [1.165, 1.54) is 0 Å². The molecule has 3 aromatic rings. The van der Waals surface area contributed by atoms with Crippen LogP contribution in [0.4, 0.5) is 0 Å². The molecule has 0 amide bonds. The highest BCUT2D eigenvalue weighted by atomic mass is 16.1. The first kappa shape index (κ1) is 9.77. The SMILES string of the molecule is Cc1c[n+](-c2cnc(C=O)c3cc[nH]c23)c[nH]1. The molecule has 0 saturated heterocycles. The fraction of sp³-hybridized carbons (Fsp3) is 0.0833. The van der Waals surface area contributed by atoms with E-state index >= 15 is 0 Å². The van der Waals surface area contributed by atoms with Crippen molar-refractivity contribution in [3.05, 3.63) is 42.4 Å². The molecule has 3 heterocycles. The van der Waals surface area contributed by atoms with Gasteiger partial charge in [0.1, 0.15) is 17.6 Å². The fourth-order valence-corrected chi connectivity index (χ4v) is 1.94. The first-order valence-corrected chi connectivity index (χ1v) is 5.27. The Bertz CT molecular complexity index is 695. The lowest BCUT2D eigenvalue weighted by molar-refractivity contribution is -0.593. The van der Waals surface area contributed by atoms with Gasteiger partial charge in [0, 0.05) is 18.5 Å². The second-order valence-corrected chi connectivity index (χ2v) is 3.91. The van der Waals surface area contributed by atoms with Gasteiger partial charge < -0.3 is 4.98 Å². The van der Waals surface area contributed by atoms with Crippen molar-refractivity contribution in [2.75, 3.05) is 0 Å². The number of H-pyrrole nitrogens is 2. The smallest absolute Gasteiger partial charge is 0.247 e. The Balaban J connectivity index is 2.31. The van der Waals surface area contributed by atoms with E-state index in [0.29, 0.717) is 5.69 Å². The van der Waals surface area contributed by atoms with E-state index in [0.717, 1.165) is 28.6 Å². The molecule has 3 aromatic heterocycles. The highest BCUT2D eigenvalue weighted by Gasteiger charge is 2.13. The number of aromatic nitrogens is 4. The molecule has 0 atom stereocenters. The van der Waals surface area contributed by atoms with Crippen LogP contribution in [-0.4, -0.2) is 21.2 Å². The summed E-state index contributed by atoms with van der Waals surface area (Å²) < 4.78 is 1.94. The highest BCUT2D eigenvalue weighted by molar-refractivity contribution is 5.97. The molecule has 0 aliphatic heterocycles. The number of carbonyl (C=O) groups excluding carboxylic acids is 1. The summed E-state index contributed by atoms with van der Waals surface area (Å²) in [5.74, 6) is 0. The maximum Gasteiger partial charge on any atom is 0.247 e. The lowest BCUT2D eigenvalue weighted by atomic mass is 10.2. The summed E-state index contributed by atoms with van der Waals surface area (Å²) in [6, 6.07) is 1.86. The number of pyridine rings is 1. The van der Waals surface area contributed by atoms with E-state index in [1.807, 2.05) is 36.3 Å². The van der Waals surface area contributed by atoms with Crippen LogP contribution in [0.5, 0.6) is 0 Å². The molecule has 0 aliphatic rings. The van der Waals surface area contributed by atoms with Gasteiger partial charge in [0.25, 0.3) is 0 Å². The number of rotatable bonds is 2. The molecule has 0 aromatic carbocycles. The van der Waals surface area contributed by atoms with Crippen molar-refractivity contribution in [3.8, 4) is 5.69 Å². The molecule has 5 heteroatoms. The molecule has 0 aliphatic carbocycles. The largest absolute Gasteiger partial charge is 0.358 e. The van der Waals surface area contributed by atoms with Crippen LogP contribution in [-0.2, 0) is 0 Å². The van der Waals surface area contributed by atoms with Gasteiger partial charge >= 0.3 is 0 Å². The van der Waals surface area contributed by atoms with Gasteiger partial charge in [-0.05, 0) is 6.07 Å². The van der Waals surface area contributed by atoms with Crippen LogP contribution >= 0.6 is 0 Å². The molecule has 0 radical (unpaired) electrons. The topological polar surface area (TPSA) is 65.4 Å². The second-order valence-electron chi connectivity index (χ2n) is 3.91. The Labute approximate surface area is 97.1 Å². The summed E-state index contributed by atoms with van der Waals surface area (Å²) >= 11 is 0. The number of aldehydes is 1. The Morgan fingerprint density at radius 2 is 2.29 bits per heavy atom. The molecule has 2 N–H and O–H groups in total. The van der Waals surface area contributed by atoms with Crippen molar-refractivity contribution in [1.82, 2.24) is 15.0 Å². The average molecular weight is 227 g/mol. The van der Waals surface area contributed by atoms with Crippen molar-refractivity contribution in [2.24, 2.45) is 0 Å². The van der Waals surface area contributed by atoms with Crippen LogP contribution in [0.25, 0.3) is 16.6 Å². The fourth-order valence-electron chi connectivity index (χ4n) is 1.94. The molecule has 3 rings (SSSR count). The number of imidazole rings is 1. The van der Waals surface area contributed by atoms with E-state index in [9.17, 15) is 4.79 Å². The van der Waals surface area contributed by atoms with E-state index < -0.39 is 0 Å². The molecule has 5 nitrogen and oxygen atoms in total. The average Bonchev–Trinajstić information content (AvgIpc) is 2.96. The van der Waals surface area contributed by atoms with Gasteiger partial charge in [-0.2, -0.15) is 4.57 Å². The molecule has 0 fully saturated rings. The van der Waals surface area contributed by atoms with E-state index in [2.05, 4.69) is 15.0 Å². The maximum atomic E-state index is 10.9. The molecule has 0 unspecified atom stereocenters. The summed E-state index contributed by atoms with van der Waals surface area (Å²) in [7, 11) is 0. The van der Waals surface area contributed by atoms with Crippen molar-refractivity contribution in [1.29, 1.82) is 0 Å². The summed E-state index contributed by atoms with van der Waals surface area (Å²) in [5.41, 5.74) is 3.34. The number of aryl methyl sites for hydroxylation is 1. The standard InChI is InChI=1S/C12H10N4O/c1-8-5-16(7-15-8)11-4-14-10(6-17)9-2-3-13-12(9)11/h2-7H,1H3,(H,13,14,17)/p+1. The van der Waals surface area contributed by atoms with Crippen LogP contribution < -0.4 is 4.57 Å². The van der Waals surface area contributed by atoms with Gasteiger partial charge in [-0.15, -0.1) is 0 Å². The zero-order chi connectivity index (χ0) is 11.8. The third-order valence-electron chi connectivity index (χ3n) is 2.76. The number of nitrogens with one attached hydrogen (secondary N) is 2. The molecule has 17 heavy (non-hydrogen) atoms. The van der Waals surface area contributed by atoms with Gasteiger partial charge in [-0.3, -0.25) is 4.79 Å². The number of hydrogen-bond acceptors (Lipinski definition) is 2. The molecule has 84 valence electrons. The zero-order valence-corrected chi connectivity index (χ0v) is 9.27. The summed E-state index contributed by atoms with van der Waals surface area (Å²) in [4.78, 5) is 21.3. The number of carbonyl (C=O) groups is 1. The zero-order valence-electron chi connectivity index (χ0n) is 9.27. The van der Waals surface area contributed by atoms with Gasteiger partial charge in [0.05, 0.1) is 11.7 Å². The second kappa shape index (κ2) is 3.55. The minimum atomic E-state index is 0.456. The van der Waals surface area contributed by atoms with Gasteiger partial charge in [-0.1, -0.05) is 0 Å². The first-order chi connectivity index (χ1) is 8.29. The van der Waals surface area contributed by atoms with Crippen molar-refractivity contribution in [2.45, 2.75) is 6.92 Å². The molecular weight excluding hydrogens is 216 g/mol. The Morgan fingerprint density at radius 1 is 1.41 bits per heavy atom. The third kappa shape index (κ3) is 1.44. The minimum absolute atomic E-state index is 0.456. The lowest BCUT2D eigenvalue weighted by Crippen LogP contribution is -2.27. The highest BCUT2D eigenvalue weighted by Crippen LogP contribution is 2.18. The van der Waals surface area contributed by atoms with Gasteiger partial charge in [-0.25, -0.2) is 9.97 Å². The molecule has 0 saturated carbocycles. The van der Waals surface area contributed by atoms with Gasteiger partial charge in [0.2, 0.25) is 6.33 Å². The van der Waals surface area contributed by atoms with E-state index in [4.69, 9.17) is 0 Å². The summed E-state index contributed by atoms with van der Waals surface area (Å²) in [5, 5.41) is 0.837. The summed E-state index contributed by atoms with van der Waals surface area (Å²) in [6.45, 7) is 1.98. The van der Waals surface area contributed by atoms with Crippen molar-refractivity contribution in [3.63, 3.8) is 0 Å². The lowest BCUT2D eigenvalue weighted by Gasteiger charge is -1.99. The Kier molecular flexibility index (Phi) is 2.04. The maximum absolute atomic E-state index is 10.9. The van der Waals surface area contributed by atoms with Crippen LogP contribution in [0.2, 0.25) is 0 Å². The Hall–Kier alpha value is -2.43. The number of fused-ring (bicyclic) bond motifs is 1. The van der Waals surface area contributed by atoms with E-state index in [-0.39, 0.29) is 0 Å². The van der Waals surface area contributed by atoms with Crippen LogP contribution in [0.1, 0.15) is 16.2 Å². The molecule has 0 bridgehead atoms. The minimum Gasteiger partial charge on any atom is -0.358 e. The number of nitrogens with zero attached hydrogens (tertiary/aromatic N) is 2. The molecular formula is C12H11N4O+. The predicted molar refractivity (Wildman–Crippen MR) is 62.1 cm³/mol. The van der Waals surface area contributed by atoms with Crippen LogP contribution in [0, 0.1) is 6.92 Å². The normalized spacial score (nSPS) is 10.9. The van der Waals surface area contributed by atoms with Crippen LogP contribution in [0.15, 0.2) is 31.0 Å². The monoisotopic (exact) mass is 227 g/mol. The summed E-state index contributed by atoms with van der Waals surface area (Å²) in [6.07, 6.45) is 8.09. The Morgan fingerprint density at radius 3 is 3.00 bits per heavy atom. The predicted octanol–water partition coefficient (Wildman–Crippen LogP) is 1.29. The first-order valence-electron chi connectivity index (χ1n) is 5.27.